The highest BCUT2D eigenvalue weighted by Crippen LogP contribution is 2.29. The van der Waals surface area contributed by atoms with Crippen molar-refractivity contribution < 1.29 is 4.79 Å². The van der Waals surface area contributed by atoms with Gasteiger partial charge in [-0.3, -0.25) is 14.9 Å². The molecular formula is C23H20N6O. The van der Waals surface area contributed by atoms with Gasteiger partial charge in [0, 0.05) is 34.7 Å². The number of nitriles is 1. The van der Waals surface area contributed by atoms with Gasteiger partial charge in [0.2, 0.25) is 0 Å². The lowest BCUT2D eigenvalue weighted by Crippen LogP contribution is -2.16. The van der Waals surface area contributed by atoms with Gasteiger partial charge in [-0.25, -0.2) is 4.98 Å². The number of nitrogens with zero attached hydrogens (tertiary/aromatic N) is 4. The molecule has 0 atom stereocenters. The molecule has 1 amide bonds. The molecule has 0 radical (unpaired) electrons. The molecule has 0 aliphatic carbocycles. The first-order valence-corrected chi connectivity index (χ1v) is 9.63. The predicted molar refractivity (Wildman–Crippen MR) is 115 cm³/mol. The Morgan fingerprint density at radius 3 is 2.77 bits per heavy atom. The molecule has 2 N–H and O–H groups in total. The first kappa shape index (κ1) is 19.3. The van der Waals surface area contributed by atoms with Gasteiger partial charge in [-0.05, 0) is 61.7 Å². The zero-order valence-corrected chi connectivity index (χ0v) is 16.9. The first-order chi connectivity index (χ1) is 14.5. The predicted octanol–water partition coefficient (Wildman–Crippen LogP) is 4.32. The van der Waals surface area contributed by atoms with Gasteiger partial charge in [-0.15, -0.1) is 0 Å². The Morgan fingerprint density at radius 1 is 1.17 bits per heavy atom. The van der Waals surface area contributed by atoms with E-state index >= 15 is 0 Å². The van der Waals surface area contributed by atoms with Crippen molar-refractivity contribution in [2.75, 3.05) is 5.32 Å². The third kappa shape index (κ3) is 3.40. The molecule has 4 aromatic rings. The van der Waals surface area contributed by atoms with Crippen LogP contribution in [-0.4, -0.2) is 26.1 Å². The van der Waals surface area contributed by atoms with Crippen LogP contribution in [0.15, 0.2) is 42.7 Å². The fraction of sp³-hybridized carbons (Fsp3) is 0.174. The number of aryl methyl sites for hydroxylation is 1. The molecule has 7 nitrogen and oxygen atoms in total. The largest absolute Gasteiger partial charge is 0.321 e. The Morgan fingerprint density at radius 2 is 2.00 bits per heavy atom. The maximum atomic E-state index is 12.8. The molecule has 0 aliphatic rings. The van der Waals surface area contributed by atoms with Crippen LogP contribution in [0.25, 0.3) is 22.2 Å². The second-order valence-electron chi connectivity index (χ2n) is 7.06. The molecule has 0 spiro atoms. The summed E-state index contributed by atoms with van der Waals surface area (Å²) in [6, 6.07) is 11.6. The number of carbonyl (C=O) groups is 1. The Balaban J connectivity index is 1.68. The number of nitrogens with one attached hydrogen (secondary N) is 2. The number of rotatable bonds is 4. The van der Waals surface area contributed by atoms with Crippen LogP contribution in [-0.2, 0) is 6.42 Å². The molecular weight excluding hydrogens is 376 g/mol. The highest BCUT2D eigenvalue weighted by atomic mass is 16.1. The molecule has 0 saturated heterocycles. The summed E-state index contributed by atoms with van der Waals surface area (Å²) in [5.41, 5.74) is 6.52. The number of pyridine rings is 2. The number of aromatic nitrogens is 4. The van der Waals surface area contributed by atoms with E-state index in [-0.39, 0.29) is 5.91 Å². The van der Waals surface area contributed by atoms with Crippen molar-refractivity contribution in [1.29, 1.82) is 5.26 Å². The summed E-state index contributed by atoms with van der Waals surface area (Å²) >= 11 is 0. The van der Waals surface area contributed by atoms with Crippen molar-refractivity contribution in [1.82, 2.24) is 20.2 Å². The van der Waals surface area contributed by atoms with Crippen LogP contribution in [0.2, 0.25) is 0 Å². The van der Waals surface area contributed by atoms with E-state index in [1.54, 1.807) is 13.1 Å². The molecule has 0 aliphatic heterocycles. The van der Waals surface area contributed by atoms with E-state index in [0.717, 1.165) is 39.8 Å². The Kier molecular flexibility index (Phi) is 4.98. The maximum absolute atomic E-state index is 12.8. The minimum Gasteiger partial charge on any atom is -0.321 e. The van der Waals surface area contributed by atoms with Crippen LogP contribution >= 0.6 is 0 Å². The molecule has 30 heavy (non-hydrogen) atoms. The number of anilines is 1. The molecule has 0 fully saturated rings. The SMILES string of the molecule is CCc1cc(-c2n[nH]c3ccc(NC(=O)c4ncc(C#N)c(C)c4C)cc23)ccn1. The standard InChI is InChI=1S/C23H20N6O/c1-4-17-9-15(7-8-25-17)22-19-10-18(5-6-20(19)28-29-22)27-23(30)21-14(3)13(2)16(11-24)12-26-21/h5-10,12H,4H2,1-3H3,(H,27,30)(H,28,29). The van der Waals surface area contributed by atoms with Gasteiger partial charge in [0.1, 0.15) is 17.5 Å². The summed E-state index contributed by atoms with van der Waals surface area (Å²) in [5, 5.41) is 20.4. The second-order valence-corrected chi connectivity index (χ2v) is 7.06. The van der Waals surface area contributed by atoms with E-state index in [1.165, 1.54) is 6.20 Å². The lowest BCUT2D eigenvalue weighted by molar-refractivity contribution is 0.102. The van der Waals surface area contributed by atoms with Crippen LogP contribution in [0, 0.1) is 25.2 Å². The molecule has 1 aromatic carbocycles. The number of H-pyrrole nitrogens is 1. The van der Waals surface area contributed by atoms with Crippen LogP contribution in [0.1, 0.15) is 39.8 Å². The summed E-state index contributed by atoms with van der Waals surface area (Å²) in [5.74, 6) is -0.318. The van der Waals surface area contributed by atoms with E-state index in [4.69, 9.17) is 5.26 Å². The summed E-state index contributed by atoms with van der Waals surface area (Å²) in [4.78, 5) is 21.3. The Hall–Kier alpha value is -4.05. The smallest absolute Gasteiger partial charge is 0.274 e. The molecule has 4 rings (SSSR count). The minimum atomic E-state index is -0.318. The fourth-order valence-corrected chi connectivity index (χ4v) is 3.36. The number of amides is 1. The minimum absolute atomic E-state index is 0.306. The number of carbonyl (C=O) groups excluding carboxylic acids is 1. The number of benzene rings is 1. The van der Waals surface area contributed by atoms with Crippen LogP contribution < -0.4 is 5.32 Å². The van der Waals surface area contributed by atoms with E-state index in [0.29, 0.717) is 22.5 Å². The van der Waals surface area contributed by atoms with E-state index in [9.17, 15) is 4.79 Å². The van der Waals surface area contributed by atoms with Crippen molar-refractivity contribution >= 4 is 22.5 Å². The quantitative estimate of drug-likeness (QED) is 0.534. The normalized spacial score (nSPS) is 10.7. The summed E-state index contributed by atoms with van der Waals surface area (Å²) in [7, 11) is 0. The average molecular weight is 396 g/mol. The number of hydrogen-bond acceptors (Lipinski definition) is 5. The van der Waals surface area contributed by atoms with Gasteiger partial charge in [-0.2, -0.15) is 10.4 Å². The van der Waals surface area contributed by atoms with Gasteiger partial charge in [0.05, 0.1) is 11.1 Å². The topological polar surface area (TPSA) is 107 Å². The van der Waals surface area contributed by atoms with Crippen molar-refractivity contribution in [2.24, 2.45) is 0 Å². The van der Waals surface area contributed by atoms with Gasteiger partial charge in [-0.1, -0.05) is 6.92 Å². The first-order valence-electron chi connectivity index (χ1n) is 9.63. The van der Waals surface area contributed by atoms with E-state index < -0.39 is 0 Å². The lowest BCUT2D eigenvalue weighted by Gasteiger charge is -2.10. The monoisotopic (exact) mass is 396 g/mol. The lowest BCUT2D eigenvalue weighted by atomic mass is 10.0. The van der Waals surface area contributed by atoms with E-state index in [2.05, 4.69) is 38.5 Å². The van der Waals surface area contributed by atoms with Crippen LogP contribution in [0.5, 0.6) is 0 Å². The van der Waals surface area contributed by atoms with Gasteiger partial charge in [0.25, 0.3) is 5.91 Å². The molecule has 0 saturated carbocycles. The summed E-state index contributed by atoms with van der Waals surface area (Å²) in [6.07, 6.45) is 4.05. The number of fused-ring (bicyclic) bond motifs is 1. The van der Waals surface area contributed by atoms with Crippen LogP contribution in [0.4, 0.5) is 5.69 Å². The molecule has 7 heteroatoms. The molecule has 3 heterocycles. The van der Waals surface area contributed by atoms with Crippen molar-refractivity contribution in [3.63, 3.8) is 0 Å². The molecule has 148 valence electrons. The average Bonchev–Trinajstić information content (AvgIpc) is 3.19. The van der Waals surface area contributed by atoms with Crippen molar-refractivity contribution in [3.8, 4) is 17.3 Å². The van der Waals surface area contributed by atoms with Crippen molar-refractivity contribution in [2.45, 2.75) is 27.2 Å². The number of hydrogen-bond donors (Lipinski definition) is 2. The molecule has 0 bridgehead atoms. The Labute approximate surface area is 173 Å². The zero-order valence-electron chi connectivity index (χ0n) is 16.9. The third-order valence-corrected chi connectivity index (χ3v) is 5.25. The summed E-state index contributed by atoms with van der Waals surface area (Å²) < 4.78 is 0. The third-order valence-electron chi connectivity index (χ3n) is 5.25. The molecule has 3 aromatic heterocycles. The second kappa shape index (κ2) is 7.76. The highest BCUT2D eigenvalue weighted by molar-refractivity contribution is 6.05. The Bertz CT molecular complexity index is 1320. The summed E-state index contributed by atoms with van der Waals surface area (Å²) in [6.45, 7) is 5.67. The van der Waals surface area contributed by atoms with Gasteiger partial charge in [0.15, 0.2) is 0 Å². The van der Waals surface area contributed by atoms with Crippen molar-refractivity contribution in [3.05, 3.63) is 70.8 Å². The van der Waals surface area contributed by atoms with Gasteiger partial charge < -0.3 is 5.32 Å². The van der Waals surface area contributed by atoms with E-state index in [1.807, 2.05) is 37.3 Å². The van der Waals surface area contributed by atoms with Gasteiger partial charge >= 0.3 is 0 Å². The zero-order chi connectivity index (χ0) is 21.3. The number of aromatic amines is 1. The fourth-order valence-electron chi connectivity index (χ4n) is 3.36. The highest BCUT2D eigenvalue weighted by Gasteiger charge is 2.16. The maximum Gasteiger partial charge on any atom is 0.274 e. The molecule has 0 unspecified atom stereocenters. The van der Waals surface area contributed by atoms with Crippen LogP contribution in [0.3, 0.4) is 0 Å².